The maximum absolute atomic E-state index is 13.0. The first-order valence-corrected chi connectivity index (χ1v) is 6.25. The van der Waals surface area contributed by atoms with Gasteiger partial charge in [0.25, 0.3) is 0 Å². The highest BCUT2D eigenvalue weighted by Gasteiger charge is 2.17. The van der Waals surface area contributed by atoms with E-state index in [1.807, 2.05) is 0 Å². The van der Waals surface area contributed by atoms with Gasteiger partial charge in [0.1, 0.15) is 11.6 Å². The Morgan fingerprint density at radius 3 is 2.00 bits per heavy atom. The van der Waals surface area contributed by atoms with Gasteiger partial charge in [0.15, 0.2) is 0 Å². The van der Waals surface area contributed by atoms with Gasteiger partial charge in [0, 0.05) is 0 Å². The monoisotopic (exact) mass is 254 g/mol. The number of halogens is 2. The van der Waals surface area contributed by atoms with Crippen LogP contribution in [0.4, 0.5) is 8.78 Å². The minimum absolute atomic E-state index is 0.0653. The molecule has 0 aromatic heterocycles. The highest BCUT2D eigenvalue weighted by atomic mass is 32.2. The molecule has 0 unspecified atom stereocenters. The first-order chi connectivity index (χ1) is 8.00. The van der Waals surface area contributed by atoms with E-state index in [0.717, 1.165) is 36.4 Å². The Bertz CT molecular complexity index is 634. The SMILES string of the molecule is O=S(=O)(c1ccc(F)cc1)c1cccc(F)c1. The molecule has 2 aromatic carbocycles. The van der Waals surface area contributed by atoms with Crippen molar-refractivity contribution in [3.05, 3.63) is 60.2 Å². The number of benzene rings is 2. The van der Waals surface area contributed by atoms with Crippen LogP contribution in [-0.4, -0.2) is 8.42 Å². The molecule has 0 heterocycles. The molecule has 0 radical (unpaired) electrons. The van der Waals surface area contributed by atoms with Crippen LogP contribution in [0, 0.1) is 11.6 Å². The second-order valence-corrected chi connectivity index (χ2v) is 5.36. The van der Waals surface area contributed by atoms with E-state index >= 15 is 0 Å². The van der Waals surface area contributed by atoms with Gasteiger partial charge in [-0.25, -0.2) is 17.2 Å². The van der Waals surface area contributed by atoms with Crippen molar-refractivity contribution in [3.8, 4) is 0 Å². The molecular formula is C12H8F2O2S. The van der Waals surface area contributed by atoms with Crippen molar-refractivity contribution in [2.75, 3.05) is 0 Å². The van der Waals surface area contributed by atoms with Gasteiger partial charge >= 0.3 is 0 Å². The topological polar surface area (TPSA) is 34.1 Å². The summed E-state index contributed by atoms with van der Waals surface area (Å²) in [6.45, 7) is 0. The normalized spacial score (nSPS) is 11.4. The predicted octanol–water partition coefficient (Wildman–Crippen LogP) is 2.80. The third-order valence-electron chi connectivity index (χ3n) is 2.23. The summed E-state index contributed by atoms with van der Waals surface area (Å²) in [7, 11) is -3.78. The summed E-state index contributed by atoms with van der Waals surface area (Å²) in [6.07, 6.45) is 0. The Morgan fingerprint density at radius 1 is 0.765 bits per heavy atom. The first kappa shape index (κ1) is 11.7. The second kappa shape index (κ2) is 4.25. The molecule has 2 aromatic rings. The van der Waals surface area contributed by atoms with Crippen LogP contribution < -0.4 is 0 Å². The van der Waals surface area contributed by atoms with E-state index in [4.69, 9.17) is 0 Å². The zero-order valence-electron chi connectivity index (χ0n) is 8.60. The third-order valence-corrected chi connectivity index (χ3v) is 4.00. The number of rotatable bonds is 2. The van der Waals surface area contributed by atoms with Gasteiger partial charge in [0.05, 0.1) is 9.79 Å². The summed E-state index contributed by atoms with van der Waals surface area (Å²) in [6, 6.07) is 9.08. The average Bonchev–Trinajstić information content (AvgIpc) is 2.29. The van der Waals surface area contributed by atoms with Crippen molar-refractivity contribution >= 4 is 9.84 Å². The van der Waals surface area contributed by atoms with Crippen LogP contribution in [0.2, 0.25) is 0 Å². The summed E-state index contributed by atoms with van der Waals surface area (Å²) in [5.74, 6) is -1.16. The highest BCUT2D eigenvalue weighted by Crippen LogP contribution is 2.21. The molecule has 17 heavy (non-hydrogen) atoms. The van der Waals surface area contributed by atoms with E-state index in [2.05, 4.69) is 0 Å². The number of hydrogen-bond donors (Lipinski definition) is 0. The van der Waals surface area contributed by atoms with Crippen LogP contribution in [0.15, 0.2) is 58.3 Å². The van der Waals surface area contributed by atoms with Gasteiger partial charge in [-0.3, -0.25) is 0 Å². The molecule has 0 aliphatic heterocycles. The molecule has 2 rings (SSSR count). The van der Waals surface area contributed by atoms with E-state index in [1.54, 1.807) is 0 Å². The van der Waals surface area contributed by atoms with Crippen LogP contribution in [0.1, 0.15) is 0 Å². The van der Waals surface area contributed by atoms with E-state index in [1.165, 1.54) is 12.1 Å². The molecule has 88 valence electrons. The molecule has 0 N–H and O–H groups in total. The molecule has 5 heteroatoms. The van der Waals surface area contributed by atoms with Crippen LogP contribution in [0.25, 0.3) is 0 Å². The Balaban J connectivity index is 2.54. The van der Waals surface area contributed by atoms with Crippen molar-refractivity contribution in [1.29, 1.82) is 0 Å². The molecular weight excluding hydrogens is 246 g/mol. The van der Waals surface area contributed by atoms with Crippen LogP contribution in [-0.2, 0) is 9.84 Å². The Kier molecular flexibility index (Phi) is 2.93. The lowest BCUT2D eigenvalue weighted by molar-refractivity contribution is 0.590. The lowest BCUT2D eigenvalue weighted by Crippen LogP contribution is -2.02. The van der Waals surface area contributed by atoms with Gasteiger partial charge in [-0.05, 0) is 42.5 Å². The fraction of sp³-hybridized carbons (Fsp3) is 0. The minimum Gasteiger partial charge on any atom is -0.219 e. The van der Waals surface area contributed by atoms with E-state index in [-0.39, 0.29) is 9.79 Å². The van der Waals surface area contributed by atoms with E-state index in [0.29, 0.717) is 0 Å². The van der Waals surface area contributed by atoms with Crippen molar-refractivity contribution < 1.29 is 17.2 Å². The first-order valence-electron chi connectivity index (χ1n) is 4.76. The Labute approximate surface area is 97.4 Å². The standard InChI is InChI=1S/C12H8F2O2S/c13-9-4-6-11(7-5-9)17(15,16)12-3-1-2-10(14)8-12/h1-8H. The van der Waals surface area contributed by atoms with Crippen molar-refractivity contribution in [3.63, 3.8) is 0 Å². The molecule has 0 saturated heterocycles. The fourth-order valence-electron chi connectivity index (χ4n) is 1.38. The number of hydrogen-bond acceptors (Lipinski definition) is 2. The minimum atomic E-state index is -3.78. The predicted molar refractivity (Wildman–Crippen MR) is 58.3 cm³/mol. The number of sulfone groups is 1. The van der Waals surface area contributed by atoms with Gasteiger partial charge in [0.2, 0.25) is 9.84 Å². The molecule has 0 bridgehead atoms. The smallest absolute Gasteiger partial charge is 0.206 e. The Hall–Kier alpha value is -1.75. The zero-order valence-corrected chi connectivity index (χ0v) is 9.42. The average molecular weight is 254 g/mol. The molecule has 2 nitrogen and oxygen atoms in total. The molecule has 0 amide bonds. The quantitative estimate of drug-likeness (QED) is 0.772. The van der Waals surface area contributed by atoms with Crippen LogP contribution in [0.3, 0.4) is 0 Å². The van der Waals surface area contributed by atoms with Gasteiger partial charge in [-0.15, -0.1) is 0 Å². The highest BCUT2D eigenvalue weighted by molar-refractivity contribution is 7.91. The maximum atomic E-state index is 13.0. The van der Waals surface area contributed by atoms with Gasteiger partial charge in [-0.1, -0.05) is 6.07 Å². The molecule has 0 spiro atoms. The van der Waals surface area contributed by atoms with Crippen molar-refractivity contribution in [1.82, 2.24) is 0 Å². The van der Waals surface area contributed by atoms with Crippen molar-refractivity contribution in [2.24, 2.45) is 0 Å². The molecule has 0 atom stereocenters. The molecule has 0 aliphatic carbocycles. The third kappa shape index (κ3) is 2.34. The summed E-state index contributed by atoms with van der Waals surface area (Å²) >= 11 is 0. The molecule has 0 saturated carbocycles. The van der Waals surface area contributed by atoms with Gasteiger partial charge in [-0.2, -0.15) is 0 Å². The maximum Gasteiger partial charge on any atom is 0.206 e. The van der Waals surface area contributed by atoms with Crippen LogP contribution >= 0.6 is 0 Å². The van der Waals surface area contributed by atoms with Crippen molar-refractivity contribution in [2.45, 2.75) is 9.79 Å². The van der Waals surface area contributed by atoms with Gasteiger partial charge < -0.3 is 0 Å². The summed E-state index contributed by atoms with van der Waals surface area (Å²) in [5.41, 5.74) is 0. The lowest BCUT2D eigenvalue weighted by Gasteiger charge is -2.04. The Morgan fingerprint density at radius 2 is 1.41 bits per heavy atom. The summed E-state index contributed by atoms with van der Waals surface area (Å²) in [4.78, 5) is -0.214. The summed E-state index contributed by atoms with van der Waals surface area (Å²) < 4.78 is 49.7. The second-order valence-electron chi connectivity index (χ2n) is 3.41. The van der Waals surface area contributed by atoms with E-state index < -0.39 is 21.5 Å². The van der Waals surface area contributed by atoms with E-state index in [9.17, 15) is 17.2 Å². The largest absolute Gasteiger partial charge is 0.219 e. The fourth-order valence-corrected chi connectivity index (χ4v) is 2.68. The lowest BCUT2D eigenvalue weighted by atomic mass is 10.3. The van der Waals surface area contributed by atoms with Crippen LogP contribution in [0.5, 0.6) is 0 Å². The molecule has 0 aliphatic rings. The zero-order chi connectivity index (χ0) is 12.5. The molecule has 0 fully saturated rings. The summed E-state index contributed by atoms with van der Waals surface area (Å²) in [5, 5.41) is 0.